The van der Waals surface area contributed by atoms with Crippen molar-refractivity contribution in [1.29, 1.82) is 0 Å². The third-order valence-corrected chi connectivity index (χ3v) is 4.75. The van der Waals surface area contributed by atoms with Crippen molar-refractivity contribution in [2.24, 2.45) is 0 Å². The standard InChI is InChI=1S/C20H24FN3O3/c1-26-17-7-8-19(27-2)18(13-17)22-20(25)14-23-9-11-24(12-10-23)16-5-3-15(21)4-6-16/h3-8,13H,9-12,14H2,1-2H3,(H,22,25)/p+1. The van der Waals surface area contributed by atoms with Crippen molar-refractivity contribution in [3.05, 3.63) is 48.3 Å². The Labute approximate surface area is 158 Å². The lowest BCUT2D eigenvalue weighted by atomic mass is 10.2. The molecule has 0 saturated carbocycles. The molecule has 0 unspecified atom stereocenters. The summed E-state index contributed by atoms with van der Waals surface area (Å²) in [5.74, 6) is 0.964. The van der Waals surface area contributed by atoms with Crippen molar-refractivity contribution in [3.63, 3.8) is 0 Å². The third-order valence-electron chi connectivity index (χ3n) is 4.75. The third kappa shape index (κ3) is 4.89. The molecule has 0 aliphatic carbocycles. The number of nitrogens with zero attached hydrogens (tertiary/aromatic N) is 1. The maximum Gasteiger partial charge on any atom is 0.279 e. The number of benzene rings is 2. The highest BCUT2D eigenvalue weighted by atomic mass is 19.1. The number of hydrogen-bond donors (Lipinski definition) is 2. The quantitative estimate of drug-likeness (QED) is 0.798. The van der Waals surface area contributed by atoms with Gasteiger partial charge in [0, 0.05) is 11.8 Å². The second-order valence-electron chi connectivity index (χ2n) is 6.50. The minimum atomic E-state index is -0.229. The molecular weight excluding hydrogens is 349 g/mol. The minimum absolute atomic E-state index is 0.0632. The molecule has 7 heteroatoms. The smallest absolute Gasteiger partial charge is 0.279 e. The van der Waals surface area contributed by atoms with Crippen LogP contribution in [0.15, 0.2) is 42.5 Å². The molecule has 2 aromatic rings. The van der Waals surface area contributed by atoms with Gasteiger partial charge in [0.1, 0.15) is 17.3 Å². The second kappa shape index (κ2) is 8.73. The number of rotatable bonds is 6. The monoisotopic (exact) mass is 374 g/mol. The molecule has 0 radical (unpaired) electrons. The number of quaternary nitrogens is 1. The molecule has 1 saturated heterocycles. The second-order valence-corrected chi connectivity index (χ2v) is 6.50. The van der Waals surface area contributed by atoms with Gasteiger partial charge in [0.25, 0.3) is 5.91 Å². The first kappa shape index (κ1) is 19.0. The highest BCUT2D eigenvalue weighted by molar-refractivity contribution is 5.93. The van der Waals surface area contributed by atoms with Gasteiger partial charge < -0.3 is 24.6 Å². The molecule has 2 aromatic carbocycles. The molecule has 1 amide bonds. The topological polar surface area (TPSA) is 55.2 Å². The van der Waals surface area contributed by atoms with Gasteiger partial charge in [-0.15, -0.1) is 0 Å². The van der Waals surface area contributed by atoms with E-state index >= 15 is 0 Å². The van der Waals surface area contributed by atoms with Crippen LogP contribution in [0.5, 0.6) is 11.5 Å². The summed E-state index contributed by atoms with van der Waals surface area (Å²) in [6.07, 6.45) is 0. The van der Waals surface area contributed by atoms with Crippen LogP contribution in [0, 0.1) is 5.82 Å². The number of ether oxygens (including phenoxy) is 2. The molecule has 1 heterocycles. The van der Waals surface area contributed by atoms with E-state index in [9.17, 15) is 9.18 Å². The van der Waals surface area contributed by atoms with Crippen molar-refractivity contribution in [3.8, 4) is 11.5 Å². The van der Waals surface area contributed by atoms with Gasteiger partial charge in [-0.3, -0.25) is 4.79 Å². The lowest BCUT2D eigenvalue weighted by molar-refractivity contribution is -0.892. The maximum absolute atomic E-state index is 13.1. The fourth-order valence-electron chi connectivity index (χ4n) is 3.24. The summed E-state index contributed by atoms with van der Waals surface area (Å²) in [5.41, 5.74) is 1.62. The van der Waals surface area contributed by atoms with Gasteiger partial charge in [0.05, 0.1) is 46.1 Å². The van der Waals surface area contributed by atoms with Crippen molar-refractivity contribution in [2.45, 2.75) is 0 Å². The number of amides is 1. The Bertz CT molecular complexity index is 775. The van der Waals surface area contributed by atoms with Gasteiger partial charge in [-0.25, -0.2) is 4.39 Å². The van der Waals surface area contributed by atoms with Gasteiger partial charge in [0.15, 0.2) is 6.54 Å². The molecule has 0 bridgehead atoms. The molecule has 0 atom stereocenters. The Morgan fingerprint density at radius 3 is 2.44 bits per heavy atom. The van der Waals surface area contributed by atoms with Crippen molar-refractivity contribution in [2.75, 3.05) is 57.2 Å². The maximum atomic E-state index is 13.1. The molecule has 1 aliphatic heterocycles. The van der Waals surface area contributed by atoms with Crippen LogP contribution in [0.2, 0.25) is 0 Å². The number of nitrogens with one attached hydrogen (secondary N) is 2. The largest absolute Gasteiger partial charge is 0.497 e. The first-order valence-corrected chi connectivity index (χ1v) is 8.95. The summed E-state index contributed by atoms with van der Waals surface area (Å²) in [6.45, 7) is 3.74. The van der Waals surface area contributed by atoms with Crippen molar-refractivity contribution in [1.82, 2.24) is 0 Å². The van der Waals surface area contributed by atoms with Gasteiger partial charge >= 0.3 is 0 Å². The van der Waals surface area contributed by atoms with Crippen LogP contribution in [0.1, 0.15) is 0 Å². The molecule has 6 nitrogen and oxygen atoms in total. The van der Waals surface area contributed by atoms with Crippen LogP contribution < -0.4 is 24.6 Å². The summed E-state index contributed by atoms with van der Waals surface area (Å²) in [6, 6.07) is 11.8. The normalized spacial score (nSPS) is 14.7. The first-order valence-electron chi connectivity index (χ1n) is 8.95. The predicted octanol–water partition coefficient (Wildman–Crippen LogP) is 1.19. The Balaban J connectivity index is 1.53. The summed E-state index contributed by atoms with van der Waals surface area (Å²) in [5, 5.41) is 2.91. The summed E-state index contributed by atoms with van der Waals surface area (Å²) >= 11 is 0. The van der Waals surface area contributed by atoms with Crippen molar-refractivity contribution >= 4 is 17.3 Å². The number of carbonyl (C=O) groups excluding carboxylic acids is 1. The van der Waals surface area contributed by atoms with Gasteiger partial charge in [-0.1, -0.05) is 0 Å². The predicted molar refractivity (Wildman–Crippen MR) is 102 cm³/mol. The Morgan fingerprint density at radius 1 is 1.11 bits per heavy atom. The van der Waals surface area contributed by atoms with Gasteiger partial charge in [-0.2, -0.15) is 0 Å². The van der Waals surface area contributed by atoms with Crippen LogP contribution in [0.4, 0.5) is 15.8 Å². The minimum Gasteiger partial charge on any atom is -0.497 e. The zero-order chi connectivity index (χ0) is 19.2. The van der Waals surface area contributed by atoms with Gasteiger partial charge in [0.2, 0.25) is 0 Å². The molecule has 0 aromatic heterocycles. The number of halogens is 1. The average molecular weight is 374 g/mol. The number of piperazine rings is 1. The van der Waals surface area contributed by atoms with E-state index in [1.807, 2.05) is 0 Å². The lowest BCUT2D eigenvalue weighted by Gasteiger charge is -2.33. The van der Waals surface area contributed by atoms with Crippen LogP contribution in [0.3, 0.4) is 0 Å². The van der Waals surface area contributed by atoms with Gasteiger partial charge in [-0.05, 0) is 36.4 Å². The summed E-state index contributed by atoms with van der Waals surface area (Å²) < 4.78 is 23.6. The Morgan fingerprint density at radius 2 is 1.81 bits per heavy atom. The van der Waals surface area contributed by atoms with Crippen LogP contribution in [-0.4, -0.2) is 52.9 Å². The molecule has 1 aliphatic rings. The number of hydrogen-bond acceptors (Lipinski definition) is 4. The summed E-state index contributed by atoms with van der Waals surface area (Å²) in [7, 11) is 3.15. The van der Waals surface area contributed by atoms with Crippen LogP contribution in [-0.2, 0) is 4.79 Å². The van der Waals surface area contributed by atoms with E-state index in [1.165, 1.54) is 17.0 Å². The number of anilines is 2. The molecule has 27 heavy (non-hydrogen) atoms. The fourth-order valence-corrected chi connectivity index (χ4v) is 3.24. The SMILES string of the molecule is COc1ccc(OC)c(NC(=O)C[NH+]2CCN(c3ccc(F)cc3)CC2)c1. The molecule has 2 N–H and O–H groups in total. The first-order chi connectivity index (χ1) is 13.1. The number of methoxy groups -OCH3 is 2. The van der Waals surface area contributed by atoms with E-state index in [0.29, 0.717) is 23.7 Å². The van der Waals surface area contributed by atoms with E-state index < -0.39 is 0 Å². The fraction of sp³-hybridized carbons (Fsp3) is 0.350. The highest BCUT2D eigenvalue weighted by Crippen LogP contribution is 2.28. The Kier molecular flexibility index (Phi) is 6.13. The van der Waals surface area contributed by atoms with E-state index in [4.69, 9.17) is 9.47 Å². The van der Waals surface area contributed by atoms with E-state index in [-0.39, 0.29) is 11.7 Å². The average Bonchev–Trinajstić information content (AvgIpc) is 2.69. The zero-order valence-corrected chi connectivity index (χ0v) is 15.6. The zero-order valence-electron chi connectivity index (χ0n) is 15.6. The van der Waals surface area contributed by atoms with E-state index in [0.717, 1.165) is 31.9 Å². The Hall–Kier alpha value is -2.80. The molecule has 3 rings (SSSR count). The van der Waals surface area contributed by atoms with Crippen LogP contribution >= 0.6 is 0 Å². The summed E-state index contributed by atoms with van der Waals surface area (Å²) in [4.78, 5) is 15.9. The molecule has 1 fully saturated rings. The number of carbonyl (C=O) groups is 1. The van der Waals surface area contributed by atoms with E-state index in [1.54, 1.807) is 44.6 Å². The molecule has 144 valence electrons. The van der Waals surface area contributed by atoms with E-state index in [2.05, 4.69) is 10.2 Å². The molecular formula is C20H25FN3O3+. The highest BCUT2D eigenvalue weighted by Gasteiger charge is 2.23. The van der Waals surface area contributed by atoms with Crippen molar-refractivity contribution < 1.29 is 23.6 Å². The molecule has 0 spiro atoms. The van der Waals surface area contributed by atoms with Crippen LogP contribution in [0.25, 0.3) is 0 Å². The lowest BCUT2D eigenvalue weighted by Crippen LogP contribution is -3.15.